The Labute approximate surface area is 126 Å². The van der Waals surface area contributed by atoms with Crippen LogP contribution in [0.1, 0.15) is 0 Å². The molecule has 0 fully saturated rings. The van der Waals surface area contributed by atoms with Gasteiger partial charge in [0.05, 0.1) is 9.85 Å². The number of nitro groups is 2. The van der Waals surface area contributed by atoms with Crippen LogP contribution >= 0.6 is 0 Å². The molecule has 0 amide bonds. The number of alkyl halides is 3. The van der Waals surface area contributed by atoms with Crippen LogP contribution in [0.2, 0.25) is 0 Å². The first-order valence-corrected chi connectivity index (χ1v) is 6.07. The molecular weight excluding hydrogens is 319 g/mol. The summed E-state index contributed by atoms with van der Waals surface area (Å²) in [6.07, 6.45) is -5.01. The Hall–Kier alpha value is -3.17. The minimum absolute atomic E-state index is 0.266. The average molecular weight is 327 g/mol. The van der Waals surface area contributed by atoms with Crippen molar-refractivity contribution in [1.29, 1.82) is 0 Å². The number of anilines is 2. The SMILES string of the molecule is O=[N+]([O-])c1cccc(N(c2ccccc2)C(F)(F)F)c1[N+](=O)[O-]. The van der Waals surface area contributed by atoms with E-state index in [-0.39, 0.29) is 4.90 Å². The van der Waals surface area contributed by atoms with Crippen LogP contribution in [-0.2, 0) is 0 Å². The van der Waals surface area contributed by atoms with E-state index in [1.54, 1.807) is 0 Å². The molecule has 0 radical (unpaired) electrons. The van der Waals surface area contributed by atoms with E-state index in [1.807, 2.05) is 0 Å². The summed E-state index contributed by atoms with van der Waals surface area (Å²) in [6.45, 7) is 0. The van der Waals surface area contributed by atoms with E-state index >= 15 is 0 Å². The molecule has 10 heteroatoms. The average Bonchev–Trinajstić information content (AvgIpc) is 2.46. The predicted octanol–water partition coefficient (Wildman–Crippen LogP) is 4.16. The van der Waals surface area contributed by atoms with Gasteiger partial charge in [0.15, 0.2) is 0 Å². The van der Waals surface area contributed by atoms with E-state index in [1.165, 1.54) is 18.2 Å². The molecule has 0 aromatic heterocycles. The van der Waals surface area contributed by atoms with Gasteiger partial charge in [0.2, 0.25) is 0 Å². The van der Waals surface area contributed by atoms with Gasteiger partial charge in [-0.05, 0) is 18.2 Å². The molecule has 0 atom stereocenters. The summed E-state index contributed by atoms with van der Waals surface area (Å²) < 4.78 is 40.2. The molecule has 0 bridgehead atoms. The highest BCUT2D eigenvalue weighted by Crippen LogP contribution is 2.44. The summed E-state index contributed by atoms with van der Waals surface area (Å²) in [6, 6.07) is 8.84. The quantitative estimate of drug-likeness (QED) is 0.478. The van der Waals surface area contributed by atoms with Crippen molar-refractivity contribution in [3.8, 4) is 0 Å². The number of para-hydroxylation sites is 2. The Kier molecular flexibility index (Phi) is 4.16. The third-order valence-electron chi connectivity index (χ3n) is 2.88. The van der Waals surface area contributed by atoms with Crippen molar-refractivity contribution < 1.29 is 23.0 Å². The van der Waals surface area contributed by atoms with Gasteiger partial charge in [-0.25, -0.2) is 4.90 Å². The Morgan fingerprint density at radius 2 is 1.48 bits per heavy atom. The third kappa shape index (κ3) is 3.20. The van der Waals surface area contributed by atoms with E-state index in [4.69, 9.17) is 0 Å². The highest BCUT2D eigenvalue weighted by molar-refractivity contribution is 5.78. The van der Waals surface area contributed by atoms with Gasteiger partial charge in [0.25, 0.3) is 0 Å². The molecule has 7 nitrogen and oxygen atoms in total. The molecule has 0 saturated heterocycles. The lowest BCUT2D eigenvalue weighted by molar-refractivity contribution is -0.422. The molecule has 0 heterocycles. The fourth-order valence-electron chi connectivity index (χ4n) is 2.03. The van der Waals surface area contributed by atoms with Gasteiger partial charge >= 0.3 is 17.7 Å². The molecular formula is C13H8F3N3O4. The highest BCUT2D eigenvalue weighted by Gasteiger charge is 2.44. The van der Waals surface area contributed by atoms with Crippen LogP contribution < -0.4 is 4.90 Å². The Bertz CT molecular complexity index is 750. The summed E-state index contributed by atoms with van der Waals surface area (Å²) in [5.74, 6) is 0. The van der Waals surface area contributed by atoms with Gasteiger partial charge in [-0.2, -0.15) is 0 Å². The summed E-state index contributed by atoms with van der Waals surface area (Å²) in [5, 5.41) is 22.0. The molecule has 0 aliphatic rings. The first-order valence-electron chi connectivity index (χ1n) is 6.07. The number of hydrogen-bond acceptors (Lipinski definition) is 5. The number of benzene rings is 2. The molecule has 0 unspecified atom stereocenters. The summed E-state index contributed by atoms with van der Waals surface area (Å²) in [4.78, 5) is 19.4. The van der Waals surface area contributed by atoms with Crippen molar-refractivity contribution in [3.05, 3.63) is 68.8 Å². The minimum Gasteiger partial charge on any atom is -0.258 e. The lowest BCUT2D eigenvalue weighted by atomic mass is 10.2. The lowest BCUT2D eigenvalue weighted by Gasteiger charge is -2.26. The molecule has 0 saturated carbocycles. The van der Waals surface area contributed by atoms with Gasteiger partial charge in [-0.3, -0.25) is 20.2 Å². The van der Waals surface area contributed by atoms with E-state index in [9.17, 15) is 33.4 Å². The summed E-state index contributed by atoms with van der Waals surface area (Å²) >= 11 is 0. The Balaban J connectivity index is 2.77. The topological polar surface area (TPSA) is 89.5 Å². The number of hydrogen-bond donors (Lipinski definition) is 0. The van der Waals surface area contributed by atoms with Crippen molar-refractivity contribution in [2.75, 3.05) is 4.90 Å². The zero-order valence-corrected chi connectivity index (χ0v) is 11.2. The molecule has 0 N–H and O–H groups in total. The van der Waals surface area contributed by atoms with Crippen LogP contribution in [0.15, 0.2) is 48.5 Å². The number of nitrogens with zero attached hydrogens (tertiary/aromatic N) is 3. The van der Waals surface area contributed by atoms with Crippen LogP contribution in [0.5, 0.6) is 0 Å². The lowest BCUT2D eigenvalue weighted by Crippen LogP contribution is -2.34. The first-order chi connectivity index (χ1) is 10.7. The summed E-state index contributed by atoms with van der Waals surface area (Å²) in [5.41, 5.74) is -3.57. The van der Waals surface area contributed by atoms with Gasteiger partial charge in [-0.1, -0.05) is 24.3 Å². The molecule has 2 aromatic carbocycles. The molecule has 2 aromatic rings. The summed E-state index contributed by atoms with van der Waals surface area (Å²) in [7, 11) is 0. The first kappa shape index (κ1) is 16.2. The Morgan fingerprint density at radius 3 is 1.96 bits per heavy atom. The normalized spacial score (nSPS) is 11.1. The van der Waals surface area contributed by atoms with Gasteiger partial charge < -0.3 is 0 Å². The smallest absolute Gasteiger partial charge is 0.258 e. The van der Waals surface area contributed by atoms with E-state index in [2.05, 4.69) is 0 Å². The molecule has 0 aliphatic carbocycles. The van der Waals surface area contributed by atoms with Crippen molar-refractivity contribution in [2.45, 2.75) is 6.30 Å². The predicted molar refractivity (Wildman–Crippen MR) is 74.4 cm³/mol. The van der Waals surface area contributed by atoms with Crippen LogP contribution in [-0.4, -0.2) is 16.1 Å². The second-order valence-electron chi connectivity index (χ2n) is 4.30. The largest absolute Gasteiger partial charge is 0.489 e. The van der Waals surface area contributed by atoms with Crippen molar-refractivity contribution in [1.82, 2.24) is 0 Å². The number of nitro benzene ring substituents is 2. The number of halogens is 3. The van der Waals surface area contributed by atoms with Crippen molar-refractivity contribution in [2.24, 2.45) is 0 Å². The van der Waals surface area contributed by atoms with Crippen LogP contribution in [0.3, 0.4) is 0 Å². The fourth-order valence-corrected chi connectivity index (χ4v) is 2.03. The minimum atomic E-state index is -5.01. The molecule has 23 heavy (non-hydrogen) atoms. The van der Waals surface area contributed by atoms with E-state index in [0.717, 1.165) is 30.3 Å². The maximum Gasteiger partial charge on any atom is 0.489 e. The maximum atomic E-state index is 13.4. The molecule has 0 aliphatic heterocycles. The van der Waals surface area contributed by atoms with Gasteiger partial charge in [-0.15, -0.1) is 13.2 Å². The second kappa shape index (κ2) is 5.91. The van der Waals surface area contributed by atoms with Crippen LogP contribution in [0.4, 0.5) is 35.9 Å². The van der Waals surface area contributed by atoms with Gasteiger partial charge in [0.1, 0.15) is 5.69 Å². The zero-order valence-electron chi connectivity index (χ0n) is 11.2. The third-order valence-corrected chi connectivity index (χ3v) is 2.88. The highest BCUT2D eigenvalue weighted by atomic mass is 19.4. The second-order valence-corrected chi connectivity index (χ2v) is 4.30. The fraction of sp³-hybridized carbons (Fsp3) is 0.0769. The van der Waals surface area contributed by atoms with Crippen LogP contribution in [0, 0.1) is 20.2 Å². The molecule has 120 valence electrons. The molecule has 2 rings (SSSR count). The van der Waals surface area contributed by atoms with Crippen molar-refractivity contribution >= 4 is 22.7 Å². The maximum absolute atomic E-state index is 13.4. The zero-order chi connectivity index (χ0) is 17.2. The van der Waals surface area contributed by atoms with Crippen LogP contribution in [0.25, 0.3) is 0 Å². The van der Waals surface area contributed by atoms with E-state index in [0.29, 0.717) is 0 Å². The Morgan fingerprint density at radius 1 is 0.870 bits per heavy atom. The van der Waals surface area contributed by atoms with Gasteiger partial charge in [0, 0.05) is 11.8 Å². The van der Waals surface area contributed by atoms with E-state index < -0.39 is 38.9 Å². The number of rotatable bonds is 4. The monoisotopic (exact) mass is 327 g/mol. The molecule has 0 spiro atoms. The van der Waals surface area contributed by atoms with Crippen molar-refractivity contribution in [3.63, 3.8) is 0 Å². The standard InChI is InChI=1S/C13H8F3N3O4/c14-13(15,16)17(9-5-2-1-3-6-9)10-7-4-8-11(18(20)21)12(10)19(22)23/h1-8H.